The van der Waals surface area contributed by atoms with Crippen LogP contribution in [-0.2, 0) is 6.61 Å². The van der Waals surface area contributed by atoms with Crippen molar-refractivity contribution in [3.8, 4) is 11.5 Å². The highest BCUT2D eigenvalue weighted by Crippen LogP contribution is 2.27. The van der Waals surface area contributed by atoms with Crippen molar-refractivity contribution in [3.63, 3.8) is 0 Å². The van der Waals surface area contributed by atoms with E-state index in [1.165, 1.54) is 0 Å². The van der Waals surface area contributed by atoms with Gasteiger partial charge in [-0.25, -0.2) is 0 Å². The Bertz CT molecular complexity index is 469. The molecule has 0 aromatic heterocycles. The van der Waals surface area contributed by atoms with Crippen molar-refractivity contribution in [1.29, 1.82) is 0 Å². The molecule has 3 N–H and O–H groups in total. The van der Waals surface area contributed by atoms with E-state index < -0.39 is 0 Å². The van der Waals surface area contributed by atoms with Gasteiger partial charge in [-0.3, -0.25) is 0 Å². The van der Waals surface area contributed by atoms with Crippen molar-refractivity contribution in [3.05, 3.63) is 54.1 Å². The average molecular weight is 215 g/mol. The maximum atomic E-state index is 8.95. The number of rotatable bonds is 3. The predicted molar refractivity (Wildman–Crippen MR) is 63.3 cm³/mol. The van der Waals surface area contributed by atoms with Crippen LogP contribution in [0.15, 0.2) is 48.5 Å². The van der Waals surface area contributed by atoms with Crippen molar-refractivity contribution < 1.29 is 9.84 Å². The zero-order valence-electron chi connectivity index (χ0n) is 8.76. The third-order valence-electron chi connectivity index (χ3n) is 2.23. The second-order valence-electron chi connectivity index (χ2n) is 3.45. The molecular weight excluding hydrogens is 202 g/mol. The third-order valence-corrected chi connectivity index (χ3v) is 2.23. The largest absolute Gasteiger partial charge is 0.455 e. The Labute approximate surface area is 94.1 Å². The summed E-state index contributed by atoms with van der Waals surface area (Å²) < 4.78 is 5.60. The SMILES string of the molecule is Nc1cc(CO)ccc1Oc1ccccc1. The number of para-hydroxylation sites is 1. The van der Waals surface area contributed by atoms with E-state index in [4.69, 9.17) is 15.6 Å². The molecule has 0 atom stereocenters. The molecule has 0 aliphatic carbocycles. The van der Waals surface area contributed by atoms with Crippen molar-refractivity contribution in [2.45, 2.75) is 6.61 Å². The highest BCUT2D eigenvalue weighted by Gasteiger charge is 2.02. The lowest BCUT2D eigenvalue weighted by Crippen LogP contribution is -1.94. The van der Waals surface area contributed by atoms with Crippen LogP contribution in [0.2, 0.25) is 0 Å². The minimum Gasteiger partial charge on any atom is -0.455 e. The number of aliphatic hydroxyl groups is 1. The third kappa shape index (κ3) is 2.32. The van der Waals surface area contributed by atoms with Crippen LogP contribution in [0.5, 0.6) is 11.5 Å². The number of benzene rings is 2. The fraction of sp³-hybridized carbons (Fsp3) is 0.0769. The van der Waals surface area contributed by atoms with Gasteiger partial charge in [0.15, 0.2) is 0 Å². The van der Waals surface area contributed by atoms with Crippen LogP contribution in [0.3, 0.4) is 0 Å². The number of hydrogen-bond acceptors (Lipinski definition) is 3. The lowest BCUT2D eigenvalue weighted by Gasteiger charge is -2.09. The Morgan fingerprint density at radius 1 is 1.06 bits per heavy atom. The molecule has 3 heteroatoms. The van der Waals surface area contributed by atoms with Gasteiger partial charge in [-0.15, -0.1) is 0 Å². The van der Waals surface area contributed by atoms with E-state index in [-0.39, 0.29) is 6.61 Å². The fourth-order valence-electron chi connectivity index (χ4n) is 1.40. The summed E-state index contributed by atoms with van der Waals surface area (Å²) in [4.78, 5) is 0. The Balaban J connectivity index is 2.22. The first-order valence-corrected chi connectivity index (χ1v) is 5.02. The predicted octanol–water partition coefficient (Wildman–Crippen LogP) is 2.55. The minimum absolute atomic E-state index is 0.0180. The Morgan fingerprint density at radius 3 is 2.44 bits per heavy atom. The van der Waals surface area contributed by atoms with E-state index in [2.05, 4.69) is 0 Å². The van der Waals surface area contributed by atoms with Gasteiger partial charge in [-0.2, -0.15) is 0 Å². The molecule has 0 fully saturated rings. The molecule has 2 rings (SSSR count). The topological polar surface area (TPSA) is 55.5 Å². The fourth-order valence-corrected chi connectivity index (χ4v) is 1.40. The van der Waals surface area contributed by atoms with Gasteiger partial charge in [0.05, 0.1) is 12.3 Å². The van der Waals surface area contributed by atoms with Crippen LogP contribution in [-0.4, -0.2) is 5.11 Å². The lowest BCUT2D eigenvalue weighted by atomic mass is 10.2. The molecule has 0 saturated heterocycles. The van der Waals surface area contributed by atoms with E-state index in [1.807, 2.05) is 30.3 Å². The van der Waals surface area contributed by atoms with Gasteiger partial charge < -0.3 is 15.6 Å². The summed E-state index contributed by atoms with van der Waals surface area (Å²) in [7, 11) is 0. The first kappa shape index (κ1) is 10.5. The summed E-state index contributed by atoms with van der Waals surface area (Å²) in [6.07, 6.45) is 0. The first-order valence-electron chi connectivity index (χ1n) is 5.02. The monoisotopic (exact) mass is 215 g/mol. The number of anilines is 1. The number of nitrogens with two attached hydrogens (primary N) is 1. The van der Waals surface area contributed by atoms with Gasteiger partial charge in [0.25, 0.3) is 0 Å². The maximum absolute atomic E-state index is 8.95. The zero-order valence-corrected chi connectivity index (χ0v) is 8.76. The van der Waals surface area contributed by atoms with Crippen LogP contribution in [0.25, 0.3) is 0 Å². The molecule has 0 saturated carbocycles. The molecule has 82 valence electrons. The van der Waals surface area contributed by atoms with Gasteiger partial charge in [-0.1, -0.05) is 24.3 Å². The molecule has 0 unspecified atom stereocenters. The van der Waals surface area contributed by atoms with Gasteiger partial charge in [0.2, 0.25) is 0 Å². The Morgan fingerprint density at radius 2 is 1.81 bits per heavy atom. The second-order valence-corrected chi connectivity index (χ2v) is 3.45. The molecule has 0 heterocycles. The molecule has 2 aromatic rings. The van der Waals surface area contributed by atoms with E-state index in [9.17, 15) is 0 Å². The summed E-state index contributed by atoms with van der Waals surface area (Å²) in [6, 6.07) is 14.7. The van der Waals surface area contributed by atoms with Gasteiger partial charge in [0.1, 0.15) is 11.5 Å². The molecule has 0 radical (unpaired) electrons. The van der Waals surface area contributed by atoms with Gasteiger partial charge >= 0.3 is 0 Å². The summed E-state index contributed by atoms with van der Waals surface area (Å²) in [5.74, 6) is 1.34. The van der Waals surface area contributed by atoms with Crippen molar-refractivity contribution >= 4 is 5.69 Å². The molecule has 2 aromatic carbocycles. The van der Waals surface area contributed by atoms with Crippen LogP contribution in [0.4, 0.5) is 5.69 Å². The number of ether oxygens (including phenoxy) is 1. The normalized spacial score (nSPS) is 10.1. The van der Waals surface area contributed by atoms with E-state index in [0.717, 1.165) is 11.3 Å². The van der Waals surface area contributed by atoms with Gasteiger partial charge in [0, 0.05) is 0 Å². The molecule has 0 amide bonds. The molecule has 0 bridgehead atoms. The van der Waals surface area contributed by atoms with Crippen LogP contribution in [0, 0.1) is 0 Å². The van der Waals surface area contributed by atoms with Crippen molar-refractivity contribution in [2.75, 3.05) is 5.73 Å². The molecule has 16 heavy (non-hydrogen) atoms. The number of aliphatic hydroxyl groups excluding tert-OH is 1. The Hall–Kier alpha value is -2.00. The molecule has 3 nitrogen and oxygen atoms in total. The van der Waals surface area contributed by atoms with Crippen LogP contribution < -0.4 is 10.5 Å². The maximum Gasteiger partial charge on any atom is 0.150 e. The zero-order chi connectivity index (χ0) is 11.4. The Kier molecular flexibility index (Phi) is 3.08. The first-order chi connectivity index (χ1) is 7.79. The molecule has 0 spiro atoms. The summed E-state index contributed by atoms with van der Waals surface area (Å²) in [6.45, 7) is -0.0180. The second kappa shape index (κ2) is 4.68. The van der Waals surface area contributed by atoms with E-state index >= 15 is 0 Å². The quantitative estimate of drug-likeness (QED) is 0.773. The lowest BCUT2D eigenvalue weighted by molar-refractivity contribution is 0.282. The van der Waals surface area contributed by atoms with E-state index in [0.29, 0.717) is 11.4 Å². The van der Waals surface area contributed by atoms with Crippen LogP contribution >= 0.6 is 0 Å². The summed E-state index contributed by atoms with van der Waals surface area (Å²) in [5.41, 5.74) is 7.11. The average Bonchev–Trinajstić information content (AvgIpc) is 2.33. The van der Waals surface area contributed by atoms with Crippen molar-refractivity contribution in [2.24, 2.45) is 0 Å². The summed E-state index contributed by atoms with van der Waals surface area (Å²) >= 11 is 0. The number of hydrogen-bond donors (Lipinski definition) is 2. The minimum atomic E-state index is -0.0180. The van der Waals surface area contributed by atoms with Crippen molar-refractivity contribution in [1.82, 2.24) is 0 Å². The molecular formula is C13H13NO2. The number of nitrogen functional groups attached to an aromatic ring is 1. The van der Waals surface area contributed by atoms with Gasteiger partial charge in [-0.05, 0) is 29.8 Å². The van der Waals surface area contributed by atoms with Crippen LogP contribution in [0.1, 0.15) is 5.56 Å². The molecule has 0 aliphatic rings. The summed E-state index contributed by atoms with van der Waals surface area (Å²) in [5, 5.41) is 8.95. The molecule has 0 aliphatic heterocycles. The standard InChI is InChI=1S/C13H13NO2/c14-12-8-10(9-15)6-7-13(12)16-11-4-2-1-3-5-11/h1-8,15H,9,14H2. The van der Waals surface area contributed by atoms with E-state index in [1.54, 1.807) is 18.2 Å². The highest BCUT2D eigenvalue weighted by molar-refractivity contribution is 5.55. The smallest absolute Gasteiger partial charge is 0.150 e. The highest BCUT2D eigenvalue weighted by atomic mass is 16.5.